The van der Waals surface area contributed by atoms with Gasteiger partial charge in [0, 0.05) is 23.9 Å². The zero-order chi connectivity index (χ0) is 14.7. The molecule has 0 radical (unpaired) electrons. The van der Waals surface area contributed by atoms with Crippen LogP contribution in [0.3, 0.4) is 0 Å². The van der Waals surface area contributed by atoms with E-state index in [0.29, 0.717) is 18.0 Å². The molecule has 0 atom stereocenters. The van der Waals surface area contributed by atoms with Gasteiger partial charge in [0.2, 0.25) is 0 Å². The summed E-state index contributed by atoms with van der Waals surface area (Å²) in [7, 11) is 0. The maximum Gasteiger partial charge on any atom is 0.133 e. The molecule has 2 N–H and O–H groups in total. The van der Waals surface area contributed by atoms with Crippen molar-refractivity contribution < 1.29 is 9.47 Å². The Morgan fingerprint density at radius 1 is 0.950 bits per heavy atom. The molecule has 0 aliphatic rings. The van der Waals surface area contributed by atoms with Crippen molar-refractivity contribution in [1.82, 2.24) is 0 Å². The molecule has 2 rings (SSSR count). The van der Waals surface area contributed by atoms with E-state index in [2.05, 4.69) is 26.0 Å². The highest BCUT2D eigenvalue weighted by molar-refractivity contribution is 5.53. The van der Waals surface area contributed by atoms with Gasteiger partial charge >= 0.3 is 0 Å². The molecule has 0 spiro atoms. The molecule has 0 unspecified atom stereocenters. The molecule has 0 aromatic heterocycles. The van der Waals surface area contributed by atoms with Gasteiger partial charge in [-0.2, -0.15) is 0 Å². The number of nitrogens with two attached hydrogens (primary N) is 1. The van der Waals surface area contributed by atoms with Gasteiger partial charge in [0.05, 0.1) is 6.61 Å². The van der Waals surface area contributed by atoms with Crippen molar-refractivity contribution in [1.29, 1.82) is 0 Å². The second kappa shape index (κ2) is 5.87. The van der Waals surface area contributed by atoms with Crippen LogP contribution in [0.2, 0.25) is 0 Å². The molecule has 2 aromatic rings. The van der Waals surface area contributed by atoms with Crippen molar-refractivity contribution >= 4 is 5.69 Å². The normalized spacial score (nSPS) is 10.4. The summed E-state index contributed by atoms with van der Waals surface area (Å²) in [5.74, 6) is 2.31. The Labute approximate surface area is 120 Å². The first kappa shape index (κ1) is 14.3. The van der Waals surface area contributed by atoms with Crippen molar-refractivity contribution in [2.75, 3.05) is 12.3 Å². The number of aryl methyl sites for hydroxylation is 2. The number of hydrogen-bond donors (Lipinski definition) is 1. The van der Waals surface area contributed by atoms with Gasteiger partial charge < -0.3 is 15.2 Å². The van der Waals surface area contributed by atoms with Crippen molar-refractivity contribution in [3.05, 3.63) is 47.0 Å². The van der Waals surface area contributed by atoms with Crippen LogP contribution in [0.1, 0.15) is 23.6 Å². The first-order valence-electron chi connectivity index (χ1n) is 6.79. The van der Waals surface area contributed by atoms with Gasteiger partial charge in [-0.15, -0.1) is 0 Å². The van der Waals surface area contributed by atoms with E-state index in [1.807, 2.05) is 26.0 Å². The number of hydrogen-bond acceptors (Lipinski definition) is 3. The van der Waals surface area contributed by atoms with Crippen molar-refractivity contribution in [2.45, 2.75) is 27.7 Å². The van der Waals surface area contributed by atoms with E-state index < -0.39 is 0 Å². The maximum absolute atomic E-state index is 6.03. The van der Waals surface area contributed by atoms with Crippen molar-refractivity contribution in [2.24, 2.45) is 0 Å². The molecule has 0 saturated carbocycles. The number of ether oxygens (including phenoxy) is 2. The Bertz CT molecular complexity index is 621. The second-order valence-corrected chi connectivity index (χ2v) is 4.93. The Morgan fingerprint density at radius 3 is 2.30 bits per heavy atom. The molecule has 0 aliphatic carbocycles. The van der Waals surface area contributed by atoms with Gasteiger partial charge in [-0.3, -0.25) is 0 Å². The van der Waals surface area contributed by atoms with E-state index in [1.165, 1.54) is 5.56 Å². The summed E-state index contributed by atoms with van der Waals surface area (Å²) in [6.45, 7) is 8.72. The van der Waals surface area contributed by atoms with Crippen LogP contribution < -0.4 is 15.2 Å². The molecule has 3 heteroatoms. The Hall–Kier alpha value is -2.16. The summed E-state index contributed by atoms with van der Waals surface area (Å²) in [4.78, 5) is 0. The third-order valence-corrected chi connectivity index (χ3v) is 3.31. The quantitative estimate of drug-likeness (QED) is 0.839. The van der Waals surface area contributed by atoms with Crippen LogP contribution >= 0.6 is 0 Å². The van der Waals surface area contributed by atoms with Gasteiger partial charge in [0.25, 0.3) is 0 Å². The van der Waals surface area contributed by atoms with Crippen LogP contribution in [0.25, 0.3) is 0 Å². The molecule has 0 saturated heterocycles. The minimum atomic E-state index is 0.603. The molecular formula is C17H21NO2. The van der Waals surface area contributed by atoms with Crippen LogP contribution in [0.4, 0.5) is 5.69 Å². The fraction of sp³-hybridized carbons (Fsp3) is 0.294. The minimum absolute atomic E-state index is 0.603. The summed E-state index contributed by atoms with van der Waals surface area (Å²) in [5, 5.41) is 0. The molecule has 0 heterocycles. The average Bonchev–Trinajstić information content (AvgIpc) is 2.39. The molecule has 0 aliphatic heterocycles. The van der Waals surface area contributed by atoms with Gasteiger partial charge in [-0.25, -0.2) is 0 Å². The fourth-order valence-electron chi connectivity index (χ4n) is 2.10. The number of anilines is 1. The summed E-state index contributed by atoms with van der Waals surface area (Å²) in [5.41, 5.74) is 9.98. The standard InChI is InChI=1S/C17H21NO2/c1-5-19-15-8-14(18)9-16(10-15)20-17-12(3)7-6-11(2)13(17)4/h6-10H,5,18H2,1-4H3. The van der Waals surface area contributed by atoms with Crippen LogP contribution in [0, 0.1) is 20.8 Å². The van der Waals surface area contributed by atoms with Crippen molar-refractivity contribution in [3.63, 3.8) is 0 Å². The molecule has 0 bridgehead atoms. The maximum atomic E-state index is 6.03. The zero-order valence-corrected chi connectivity index (χ0v) is 12.5. The number of nitrogen functional groups attached to an aromatic ring is 1. The lowest BCUT2D eigenvalue weighted by Gasteiger charge is -2.15. The number of benzene rings is 2. The SMILES string of the molecule is CCOc1cc(N)cc(Oc2c(C)ccc(C)c2C)c1. The van der Waals surface area contributed by atoms with Crippen LogP contribution in [-0.2, 0) is 0 Å². The lowest BCUT2D eigenvalue weighted by Crippen LogP contribution is -1.97. The van der Waals surface area contributed by atoms with Crippen LogP contribution in [-0.4, -0.2) is 6.61 Å². The Morgan fingerprint density at radius 2 is 1.60 bits per heavy atom. The first-order chi connectivity index (χ1) is 9.51. The fourth-order valence-corrected chi connectivity index (χ4v) is 2.10. The van der Waals surface area contributed by atoms with Gasteiger partial charge in [0.1, 0.15) is 17.2 Å². The highest BCUT2D eigenvalue weighted by Gasteiger charge is 2.09. The van der Waals surface area contributed by atoms with Crippen LogP contribution in [0.5, 0.6) is 17.2 Å². The van der Waals surface area contributed by atoms with E-state index in [-0.39, 0.29) is 0 Å². The van der Waals surface area contributed by atoms with E-state index in [9.17, 15) is 0 Å². The first-order valence-corrected chi connectivity index (χ1v) is 6.79. The minimum Gasteiger partial charge on any atom is -0.494 e. The van der Waals surface area contributed by atoms with Gasteiger partial charge in [0.15, 0.2) is 0 Å². The van der Waals surface area contributed by atoms with Crippen molar-refractivity contribution in [3.8, 4) is 17.2 Å². The summed E-state index contributed by atoms with van der Waals surface area (Å²) >= 11 is 0. The summed E-state index contributed by atoms with van der Waals surface area (Å²) in [6.07, 6.45) is 0. The summed E-state index contributed by atoms with van der Waals surface area (Å²) < 4.78 is 11.5. The molecule has 0 fully saturated rings. The number of rotatable bonds is 4. The average molecular weight is 271 g/mol. The zero-order valence-electron chi connectivity index (χ0n) is 12.5. The Balaban J connectivity index is 2.37. The van der Waals surface area contributed by atoms with E-state index in [1.54, 1.807) is 6.07 Å². The molecular weight excluding hydrogens is 250 g/mol. The molecule has 2 aromatic carbocycles. The third kappa shape index (κ3) is 3.05. The van der Waals surface area contributed by atoms with Gasteiger partial charge in [-0.1, -0.05) is 12.1 Å². The lowest BCUT2D eigenvalue weighted by atomic mass is 10.1. The molecule has 0 amide bonds. The highest BCUT2D eigenvalue weighted by Crippen LogP contribution is 2.33. The summed E-state index contributed by atoms with van der Waals surface area (Å²) in [6, 6.07) is 9.63. The van der Waals surface area contributed by atoms with E-state index in [4.69, 9.17) is 15.2 Å². The monoisotopic (exact) mass is 271 g/mol. The molecule has 20 heavy (non-hydrogen) atoms. The lowest BCUT2D eigenvalue weighted by molar-refractivity contribution is 0.338. The van der Waals surface area contributed by atoms with E-state index in [0.717, 1.165) is 22.6 Å². The topological polar surface area (TPSA) is 44.5 Å². The predicted octanol–water partition coefficient (Wildman–Crippen LogP) is 4.39. The Kier molecular flexibility index (Phi) is 4.18. The van der Waals surface area contributed by atoms with Crippen LogP contribution in [0.15, 0.2) is 30.3 Å². The smallest absolute Gasteiger partial charge is 0.133 e. The predicted molar refractivity (Wildman–Crippen MR) is 82.8 cm³/mol. The molecule has 106 valence electrons. The van der Waals surface area contributed by atoms with Gasteiger partial charge in [-0.05, 0) is 44.4 Å². The highest BCUT2D eigenvalue weighted by atomic mass is 16.5. The third-order valence-electron chi connectivity index (χ3n) is 3.31. The molecule has 3 nitrogen and oxygen atoms in total. The second-order valence-electron chi connectivity index (χ2n) is 4.93. The van der Waals surface area contributed by atoms with E-state index >= 15 is 0 Å². The largest absolute Gasteiger partial charge is 0.494 e.